The zero-order chi connectivity index (χ0) is 18.1. The van der Waals surface area contributed by atoms with Crippen LogP contribution in [0, 0.1) is 5.92 Å². The number of nitrogens with two attached hydrogens (primary N) is 2. The largest absolute Gasteiger partial charge is 0.320 e. The van der Waals surface area contributed by atoms with Crippen LogP contribution in [0.4, 0.5) is 0 Å². The molecule has 1 aliphatic carbocycles. The van der Waals surface area contributed by atoms with Crippen molar-refractivity contribution in [1.29, 1.82) is 0 Å². The van der Waals surface area contributed by atoms with E-state index in [2.05, 4.69) is 9.08 Å². The fraction of sp³-hybridized carbons (Fsp3) is 0.571. The number of carbonyl (C=O) groups excluding carboxylic acids is 2. The van der Waals surface area contributed by atoms with E-state index in [0.717, 1.165) is 11.3 Å². The molecule has 0 spiro atoms. The van der Waals surface area contributed by atoms with Gasteiger partial charge in [0.25, 0.3) is 11.8 Å². The van der Waals surface area contributed by atoms with Crippen molar-refractivity contribution < 1.29 is 13.8 Å². The van der Waals surface area contributed by atoms with E-state index >= 15 is 0 Å². The van der Waals surface area contributed by atoms with Crippen LogP contribution in [0.1, 0.15) is 33.1 Å². The molecule has 1 aromatic heterocycles. The summed E-state index contributed by atoms with van der Waals surface area (Å²) >= 11 is 6.92. The Morgan fingerprint density at radius 3 is 2.58 bits per heavy atom. The van der Waals surface area contributed by atoms with Gasteiger partial charge >= 0.3 is 0 Å². The average molecular weight is 393 g/mol. The second-order valence-corrected chi connectivity index (χ2v) is 9.85. The van der Waals surface area contributed by atoms with E-state index in [-0.39, 0.29) is 10.1 Å². The molecule has 2 rings (SSSR count). The number of nitrogens with one attached hydrogen (secondary N) is 1. The quantitative estimate of drug-likeness (QED) is 0.678. The van der Waals surface area contributed by atoms with Crippen molar-refractivity contribution in [3.63, 3.8) is 0 Å². The van der Waals surface area contributed by atoms with Gasteiger partial charge in [-0.15, -0.1) is 15.7 Å². The maximum atomic E-state index is 13.2. The van der Waals surface area contributed by atoms with Gasteiger partial charge in [0, 0.05) is 5.38 Å². The number of thiophene rings is 1. The monoisotopic (exact) mass is 392 g/mol. The van der Waals surface area contributed by atoms with Crippen LogP contribution in [0.25, 0.3) is 0 Å². The highest BCUT2D eigenvalue weighted by Gasteiger charge is 2.47. The van der Waals surface area contributed by atoms with Gasteiger partial charge in [-0.1, -0.05) is 25.4 Å². The Morgan fingerprint density at radius 1 is 1.50 bits per heavy atom. The molecule has 5 N–H and O–H groups in total. The standard InChI is InChI=1S/C14H21ClN4O3S2/c1-8(2)5-10(16)12(20)18-24(22,11-6-9(15)7-23-11)19-13(21)14(17)3-4-14/h6-8,10H,3-5,16-17H2,1-2H3,(H,18,19,20,21,22)/t10-,24?/m0/s1. The predicted molar refractivity (Wildman–Crippen MR) is 94.9 cm³/mol. The summed E-state index contributed by atoms with van der Waals surface area (Å²) in [6, 6.07) is 0.529. The van der Waals surface area contributed by atoms with E-state index < -0.39 is 33.3 Å². The van der Waals surface area contributed by atoms with Gasteiger partial charge in [0.05, 0.1) is 16.6 Å². The number of amides is 2. The first-order chi connectivity index (χ1) is 11.1. The highest BCUT2D eigenvalue weighted by Crippen LogP contribution is 2.33. The Balaban J connectivity index is 2.35. The van der Waals surface area contributed by atoms with Gasteiger partial charge in [-0.25, -0.2) is 4.21 Å². The van der Waals surface area contributed by atoms with Gasteiger partial charge in [-0.2, -0.15) is 0 Å². The summed E-state index contributed by atoms with van der Waals surface area (Å²) in [5.74, 6) is -1.13. The minimum atomic E-state index is -3.52. The molecule has 1 aliphatic rings. The normalized spacial score (nSPS) is 19.4. The Hall–Kier alpha value is -1.000. The highest BCUT2D eigenvalue weighted by atomic mass is 35.5. The fourth-order valence-corrected chi connectivity index (χ4v) is 5.08. The number of nitrogens with zero attached hydrogens (tertiary/aromatic N) is 1. The van der Waals surface area contributed by atoms with Crippen LogP contribution in [-0.4, -0.2) is 27.6 Å². The summed E-state index contributed by atoms with van der Waals surface area (Å²) in [6.07, 6.45) is 1.40. The fourth-order valence-electron chi connectivity index (χ4n) is 1.95. The molecule has 24 heavy (non-hydrogen) atoms. The number of hydrogen-bond donors (Lipinski definition) is 3. The molecule has 1 aromatic rings. The number of halogens is 1. The lowest BCUT2D eigenvalue weighted by molar-refractivity contribution is -0.121. The van der Waals surface area contributed by atoms with Crippen LogP contribution in [-0.2, 0) is 19.5 Å². The van der Waals surface area contributed by atoms with Crippen molar-refractivity contribution in [3.05, 3.63) is 16.5 Å². The molecule has 7 nitrogen and oxygen atoms in total. The molecule has 0 aliphatic heterocycles. The SMILES string of the molecule is CC(C)C[C@H](N)C(=O)N=S(=O)(NC(=O)C1(N)CC1)c1cc(Cl)cs1. The van der Waals surface area contributed by atoms with Crippen LogP contribution in [0.5, 0.6) is 0 Å². The van der Waals surface area contributed by atoms with Crippen LogP contribution in [0.2, 0.25) is 5.02 Å². The third-order valence-electron chi connectivity index (χ3n) is 3.55. The average Bonchev–Trinajstić information content (AvgIpc) is 3.06. The van der Waals surface area contributed by atoms with Crippen molar-refractivity contribution in [1.82, 2.24) is 4.72 Å². The van der Waals surface area contributed by atoms with E-state index in [0.29, 0.717) is 24.3 Å². The number of carbonyl (C=O) groups is 2. The van der Waals surface area contributed by atoms with Crippen molar-refractivity contribution >= 4 is 44.7 Å². The van der Waals surface area contributed by atoms with Gasteiger partial charge in [0.2, 0.25) is 0 Å². The molecule has 1 unspecified atom stereocenters. The van der Waals surface area contributed by atoms with Gasteiger partial charge in [-0.3, -0.25) is 14.3 Å². The lowest BCUT2D eigenvalue weighted by atomic mass is 10.0. The van der Waals surface area contributed by atoms with Crippen LogP contribution in [0.15, 0.2) is 20.0 Å². The lowest BCUT2D eigenvalue weighted by Gasteiger charge is -2.15. The van der Waals surface area contributed by atoms with Crippen LogP contribution < -0.4 is 16.2 Å². The summed E-state index contributed by atoms with van der Waals surface area (Å²) in [5.41, 5.74) is 10.6. The van der Waals surface area contributed by atoms with E-state index in [1.807, 2.05) is 13.8 Å². The van der Waals surface area contributed by atoms with Crippen molar-refractivity contribution in [2.24, 2.45) is 21.7 Å². The zero-order valence-corrected chi connectivity index (χ0v) is 15.8. The van der Waals surface area contributed by atoms with Crippen LogP contribution >= 0.6 is 22.9 Å². The summed E-state index contributed by atoms with van der Waals surface area (Å²) in [7, 11) is -3.52. The Labute approximate surface area is 150 Å². The third-order valence-corrected chi connectivity index (χ3v) is 7.15. The Kier molecular flexibility index (Phi) is 5.71. The van der Waals surface area contributed by atoms with E-state index in [1.54, 1.807) is 5.38 Å². The Morgan fingerprint density at radius 2 is 2.12 bits per heavy atom. The highest BCUT2D eigenvalue weighted by molar-refractivity contribution is 7.94. The summed E-state index contributed by atoms with van der Waals surface area (Å²) in [6.45, 7) is 3.83. The second-order valence-electron chi connectivity index (χ2n) is 6.36. The Bertz CT molecular complexity index is 764. The summed E-state index contributed by atoms with van der Waals surface area (Å²) in [5, 5.41) is 1.89. The lowest BCUT2D eigenvalue weighted by Crippen LogP contribution is -2.45. The van der Waals surface area contributed by atoms with Crippen LogP contribution in [0.3, 0.4) is 0 Å². The molecule has 10 heteroatoms. The van der Waals surface area contributed by atoms with Crippen molar-refractivity contribution in [2.45, 2.75) is 48.9 Å². The summed E-state index contributed by atoms with van der Waals surface area (Å²) in [4.78, 5) is 24.4. The van der Waals surface area contributed by atoms with E-state index in [9.17, 15) is 13.8 Å². The molecule has 0 saturated heterocycles. The first-order valence-corrected chi connectivity index (χ1v) is 10.2. The number of rotatable bonds is 6. The maximum Gasteiger partial charge on any atom is 0.272 e. The molecule has 0 radical (unpaired) electrons. The van der Waals surface area contributed by atoms with Crippen molar-refractivity contribution in [2.75, 3.05) is 0 Å². The molecule has 1 heterocycles. The smallest absolute Gasteiger partial charge is 0.272 e. The van der Waals surface area contributed by atoms with E-state index in [1.165, 1.54) is 6.07 Å². The second kappa shape index (κ2) is 7.09. The summed E-state index contributed by atoms with van der Waals surface area (Å²) < 4.78 is 19.5. The molecule has 1 fully saturated rings. The van der Waals surface area contributed by atoms with Gasteiger partial charge in [0.1, 0.15) is 4.21 Å². The van der Waals surface area contributed by atoms with Crippen molar-refractivity contribution in [3.8, 4) is 0 Å². The minimum Gasteiger partial charge on any atom is -0.320 e. The molecular formula is C14H21ClN4O3S2. The molecule has 2 amide bonds. The molecule has 1 saturated carbocycles. The maximum absolute atomic E-state index is 13.2. The molecule has 134 valence electrons. The van der Waals surface area contributed by atoms with Gasteiger partial charge in [0.15, 0.2) is 9.92 Å². The minimum absolute atomic E-state index is 0.180. The zero-order valence-electron chi connectivity index (χ0n) is 13.5. The third kappa shape index (κ3) is 4.54. The first-order valence-electron chi connectivity index (χ1n) is 7.47. The predicted octanol–water partition coefficient (Wildman–Crippen LogP) is 1.65. The molecule has 0 aromatic carbocycles. The molecular weight excluding hydrogens is 372 g/mol. The van der Waals surface area contributed by atoms with Gasteiger partial charge < -0.3 is 11.5 Å². The molecule has 0 bridgehead atoms. The van der Waals surface area contributed by atoms with E-state index in [4.69, 9.17) is 23.1 Å². The van der Waals surface area contributed by atoms with Gasteiger partial charge in [-0.05, 0) is 31.2 Å². The molecule has 2 atom stereocenters. The first kappa shape index (κ1) is 19.3. The topological polar surface area (TPSA) is 128 Å². The number of hydrogen-bond acceptors (Lipinski definition) is 6.